The summed E-state index contributed by atoms with van der Waals surface area (Å²) in [6.45, 7) is 25.4. The standard InChI is InChI=1S/C24H19F2N3O.C21H15F2N5O.C21H16N4O2.C20H21F2N7O.C19H19F2N7O/c1-14-4-6-17(16(10-14)12-27)18-11-15(5-7-20(18)25)21-13-28-23-22(26)19(24(2,3)30)8-9-29(21)23;1-21(2,29)18-11-26-28-17(10-25-20(28)27-18)12-6-7-15(22)14(8-12)19-13(9-24)4-3-5-16(19)23;1-3-14-8-9-17-15(11-14)19(16-7-5-6-10-22-16)23-12-18-20(21(26)27-4-2)24-13-25(17)18;1-5-28-17(23-11-24-28)10-30-19-14(20(2,3)4)9-16-25-26-18(29(16)27-19)13-8-12(21)6-7-15(13)22;1-19(2,3)13-8-15-24-25-17(12-7-11(20)5-6-14(12)21)28(15)26-18(13)29-9-16-22-10-23-27(16)4/h4-11,13,30H,1-3H3;3-8,10-11,29H,1-2H3;1,5-11,13H,4,12H2,2H3;6-9,11H,5,10H2,1-4H3;5-8,10H,9H2,1-4H3. The molecule has 0 amide bonds. The molecule has 0 unspecified atom stereocenters. The molecule has 0 atom stereocenters. The summed E-state index contributed by atoms with van der Waals surface area (Å²) in [6.07, 6.45) is 17.9. The van der Waals surface area contributed by atoms with E-state index in [4.69, 9.17) is 25.6 Å². The Labute approximate surface area is 823 Å². The van der Waals surface area contributed by atoms with Crippen molar-refractivity contribution < 1.29 is 64.3 Å². The lowest BCUT2D eigenvalue weighted by atomic mass is 9.88. The summed E-state index contributed by atoms with van der Waals surface area (Å²) in [5, 5.41) is 76.7. The number of carbonyl (C=O) groups is 1. The van der Waals surface area contributed by atoms with E-state index >= 15 is 0 Å². The SMILES string of the molecule is C#Cc1ccc2c(c1)C(c1ccccn1)=NCc1c(C(=O)OCC)ncn1-2.CC(C)(O)c1cnn2c(-c3ccc(F)c(-c4c(F)cccc4C#N)c3)cnc2n1.CCn1ncnc1COc1nn2c(-c3cc(F)ccc3F)nnc2cc1C(C)(C)C.Cc1ccc(-c2cc(-c3cnc4c(F)c(C(C)(C)O)ccn34)ccc2F)c(C#N)c1.Cn1ncnc1COc1nn2c(-c3cc(F)ccc3F)nnc2cc1C(C)(C)C. The number of hydrogen-bond acceptors (Lipinski definition) is 25. The van der Waals surface area contributed by atoms with E-state index in [0.717, 1.165) is 81.3 Å². The number of aliphatic imine (C=N–C) groups is 1. The fourth-order valence-corrected chi connectivity index (χ4v) is 15.7. The van der Waals surface area contributed by atoms with E-state index in [0.29, 0.717) is 86.3 Å². The maximum absolute atomic E-state index is 14.9. The number of carbonyl (C=O) groups excluding carboxylic acids is 1. The van der Waals surface area contributed by atoms with Crippen molar-refractivity contribution in [3.05, 3.63) is 339 Å². The molecule has 0 saturated heterocycles. The second kappa shape index (κ2) is 41.1. The van der Waals surface area contributed by atoms with Gasteiger partial charge in [-0.1, -0.05) is 71.7 Å². The quantitative estimate of drug-likeness (QED) is 0.0458. The molecule has 0 bridgehead atoms. The van der Waals surface area contributed by atoms with E-state index in [1.165, 1.54) is 107 Å². The van der Waals surface area contributed by atoms with Gasteiger partial charge < -0.3 is 24.4 Å². The van der Waals surface area contributed by atoms with Crippen LogP contribution in [0.4, 0.5) is 35.1 Å². The van der Waals surface area contributed by atoms with Crippen molar-refractivity contribution in [1.82, 2.24) is 113 Å². The monoisotopic (exact) mass is 1960 g/mol. The maximum atomic E-state index is 14.9. The number of aryl methyl sites for hydroxylation is 3. The first-order chi connectivity index (χ1) is 69.2. The van der Waals surface area contributed by atoms with Gasteiger partial charge >= 0.3 is 5.97 Å². The normalized spacial score (nSPS) is 11.9. The number of ether oxygens (including phenoxy) is 3. The van der Waals surface area contributed by atoms with Gasteiger partial charge in [-0.3, -0.25) is 23.6 Å². The number of benzene rings is 7. The minimum Gasteiger partial charge on any atom is -0.468 e. The molecule has 732 valence electrons. The number of pyridine rings is 2. The van der Waals surface area contributed by atoms with E-state index in [2.05, 4.69) is 92.8 Å². The Kier molecular flexibility index (Phi) is 28.4. The molecule has 19 aromatic rings. The summed E-state index contributed by atoms with van der Waals surface area (Å²) in [5.41, 5.74) is 8.80. The molecule has 1 aliphatic rings. The Bertz CT molecular complexity index is 8340. The number of fused-ring (bicyclic) bond motifs is 7. The Hall–Kier alpha value is -17.8. The van der Waals surface area contributed by atoms with Crippen LogP contribution in [0.3, 0.4) is 0 Å². The average Bonchev–Trinajstić information content (AvgIpc) is 1.67. The number of halogens is 8. The summed E-state index contributed by atoms with van der Waals surface area (Å²) < 4.78 is 142. The fourth-order valence-electron chi connectivity index (χ4n) is 15.7. The largest absolute Gasteiger partial charge is 0.468 e. The second-order valence-corrected chi connectivity index (χ2v) is 36.1. The molecule has 2 N–H and O–H groups in total. The minimum absolute atomic E-state index is 0.0322. The van der Waals surface area contributed by atoms with Gasteiger partial charge in [-0.05, 0) is 204 Å². The molecule has 20 rings (SSSR count). The Morgan fingerprint density at radius 1 is 0.538 bits per heavy atom. The molecular formula is C105H90F8N26O6. The highest BCUT2D eigenvalue weighted by atomic mass is 19.2. The van der Waals surface area contributed by atoms with Crippen molar-refractivity contribution in [2.75, 3.05) is 6.61 Å². The fraction of sp³-hybridized carbons (Fsp3) is 0.219. The first kappa shape index (κ1) is 100. The zero-order chi connectivity index (χ0) is 103. The third kappa shape index (κ3) is 21.2. The molecule has 0 aliphatic carbocycles. The van der Waals surface area contributed by atoms with Gasteiger partial charge in [-0.25, -0.2) is 74.5 Å². The van der Waals surface area contributed by atoms with Crippen LogP contribution in [0.15, 0.2) is 219 Å². The maximum Gasteiger partial charge on any atom is 0.358 e. The molecule has 0 spiro atoms. The van der Waals surface area contributed by atoms with Gasteiger partial charge in [-0.15, -0.1) is 37.0 Å². The van der Waals surface area contributed by atoms with Crippen LogP contribution in [0.5, 0.6) is 11.8 Å². The zero-order valence-electron chi connectivity index (χ0n) is 80.5. The topological polar surface area (TPSA) is 384 Å². The molecule has 7 aromatic carbocycles. The predicted molar refractivity (Wildman–Crippen MR) is 518 cm³/mol. The van der Waals surface area contributed by atoms with Crippen LogP contribution in [0.25, 0.3) is 96.0 Å². The van der Waals surface area contributed by atoms with Gasteiger partial charge in [0.05, 0.1) is 112 Å². The number of esters is 1. The lowest BCUT2D eigenvalue weighted by molar-refractivity contribution is 0.0518. The van der Waals surface area contributed by atoms with Crippen molar-refractivity contribution in [3.63, 3.8) is 0 Å². The molecule has 32 nitrogen and oxygen atoms in total. The lowest BCUT2D eigenvalue weighted by Crippen LogP contribution is -2.19. The number of terminal acetylenes is 1. The first-order valence-electron chi connectivity index (χ1n) is 45.1. The zero-order valence-corrected chi connectivity index (χ0v) is 80.5. The number of aliphatic hydroxyl groups is 2. The third-order valence-corrected chi connectivity index (χ3v) is 23.1. The lowest BCUT2D eigenvalue weighted by Gasteiger charge is -2.21. The summed E-state index contributed by atoms with van der Waals surface area (Å²) >= 11 is 0. The van der Waals surface area contributed by atoms with E-state index < -0.39 is 63.7 Å². The van der Waals surface area contributed by atoms with E-state index in [9.17, 15) is 60.7 Å². The Morgan fingerprint density at radius 3 is 1.74 bits per heavy atom. The first-order valence-corrected chi connectivity index (χ1v) is 45.1. The highest BCUT2D eigenvalue weighted by molar-refractivity contribution is 6.14. The van der Waals surface area contributed by atoms with Crippen LogP contribution >= 0.6 is 0 Å². The van der Waals surface area contributed by atoms with E-state index in [-0.39, 0.29) is 105 Å². The molecule has 1 aliphatic heterocycles. The summed E-state index contributed by atoms with van der Waals surface area (Å²) in [7, 11) is 1.76. The van der Waals surface area contributed by atoms with Crippen molar-refractivity contribution in [2.45, 2.75) is 138 Å². The summed E-state index contributed by atoms with van der Waals surface area (Å²) in [6, 6.07) is 44.7. The molecule has 13 heterocycles. The van der Waals surface area contributed by atoms with Crippen molar-refractivity contribution in [1.29, 1.82) is 10.5 Å². The van der Waals surface area contributed by atoms with Gasteiger partial charge in [0.15, 0.2) is 51.8 Å². The summed E-state index contributed by atoms with van der Waals surface area (Å²) in [4.78, 5) is 46.7. The van der Waals surface area contributed by atoms with Gasteiger partial charge in [-0.2, -0.15) is 39.4 Å². The second-order valence-electron chi connectivity index (χ2n) is 36.1. The van der Waals surface area contributed by atoms with Crippen LogP contribution in [-0.4, -0.2) is 141 Å². The molecule has 0 fully saturated rings. The van der Waals surface area contributed by atoms with Crippen molar-refractivity contribution in [2.24, 2.45) is 12.0 Å². The van der Waals surface area contributed by atoms with Gasteiger partial charge in [0.25, 0.3) is 5.78 Å². The van der Waals surface area contributed by atoms with Crippen molar-refractivity contribution >= 4 is 34.4 Å². The average molecular weight is 1960 g/mol. The van der Waals surface area contributed by atoms with Crippen LogP contribution < -0.4 is 9.47 Å². The molecule has 145 heavy (non-hydrogen) atoms. The van der Waals surface area contributed by atoms with Gasteiger partial charge in [0.1, 0.15) is 78.5 Å². The molecule has 12 aromatic heterocycles. The minimum atomic E-state index is -1.35. The highest BCUT2D eigenvalue weighted by Gasteiger charge is 2.33. The molecule has 40 heteroatoms. The molecular weight excluding hydrogens is 1870 g/mol. The smallest absolute Gasteiger partial charge is 0.358 e. The van der Waals surface area contributed by atoms with Gasteiger partial charge in [0, 0.05) is 87.2 Å². The van der Waals surface area contributed by atoms with Crippen LogP contribution in [0.2, 0.25) is 0 Å². The van der Waals surface area contributed by atoms with Crippen LogP contribution in [0, 0.1) is 88.5 Å². The number of nitrogens with zero attached hydrogens (tertiary/aromatic N) is 26. The summed E-state index contributed by atoms with van der Waals surface area (Å²) in [5.74, 6) is -0.242. The van der Waals surface area contributed by atoms with Crippen LogP contribution in [-0.2, 0) is 60.1 Å². The Balaban J connectivity index is 0.000000130. The predicted octanol–water partition coefficient (Wildman–Crippen LogP) is 18.6. The number of nitriles is 2. The molecule has 0 radical (unpaired) electrons. The Morgan fingerprint density at radius 2 is 1.14 bits per heavy atom. The number of hydrogen-bond donors (Lipinski definition) is 2. The van der Waals surface area contributed by atoms with Crippen molar-refractivity contribution in [3.8, 4) is 109 Å². The highest BCUT2D eigenvalue weighted by Crippen LogP contribution is 2.40. The number of imidazole rings is 3. The van der Waals surface area contributed by atoms with E-state index in [1.54, 1.807) is 96.7 Å². The third-order valence-electron chi connectivity index (χ3n) is 23.1. The van der Waals surface area contributed by atoms with Crippen LogP contribution in [0.1, 0.15) is 167 Å². The van der Waals surface area contributed by atoms with E-state index in [1.807, 2.05) is 108 Å². The molecule has 0 saturated carbocycles. The number of aromatic nitrogens is 23. The number of rotatable bonds is 18. The van der Waals surface area contributed by atoms with Gasteiger partial charge in [0.2, 0.25) is 11.8 Å².